The molecule has 0 aromatic carbocycles. The third-order valence-electron chi connectivity index (χ3n) is 2.26. The highest BCUT2D eigenvalue weighted by molar-refractivity contribution is 7.89. The van der Waals surface area contributed by atoms with E-state index in [-0.39, 0.29) is 25.0 Å². The maximum absolute atomic E-state index is 11.6. The molecule has 0 spiro atoms. The molecular weight excluding hydrogens is 242 g/mol. The highest BCUT2D eigenvalue weighted by Crippen LogP contribution is 2.10. The van der Waals surface area contributed by atoms with E-state index in [9.17, 15) is 13.5 Å². The Morgan fingerprint density at radius 3 is 2.47 bits per heavy atom. The topological polar surface area (TPSA) is 75.6 Å². The molecule has 0 rings (SSSR count). The van der Waals surface area contributed by atoms with Crippen LogP contribution in [0.2, 0.25) is 0 Å². The number of hydrogen-bond acceptors (Lipinski definition) is 4. The van der Waals surface area contributed by atoms with Crippen LogP contribution >= 0.6 is 0 Å². The van der Waals surface area contributed by atoms with Gasteiger partial charge in [-0.15, -0.1) is 0 Å². The summed E-state index contributed by atoms with van der Waals surface area (Å²) in [5.41, 5.74) is -0.985. The summed E-state index contributed by atoms with van der Waals surface area (Å²) in [6.45, 7) is 7.50. The van der Waals surface area contributed by atoms with Crippen LogP contribution in [0.3, 0.4) is 0 Å². The Morgan fingerprint density at radius 2 is 2.00 bits per heavy atom. The first-order valence-electron chi connectivity index (χ1n) is 6.00. The molecule has 17 heavy (non-hydrogen) atoms. The number of ether oxygens (including phenoxy) is 1. The summed E-state index contributed by atoms with van der Waals surface area (Å²) in [6, 6.07) is 0. The number of sulfonamides is 1. The van der Waals surface area contributed by atoms with Crippen molar-refractivity contribution in [1.82, 2.24) is 4.72 Å². The van der Waals surface area contributed by atoms with E-state index in [2.05, 4.69) is 4.72 Å². The third kappa shape index (κ3) is 9.52. The summed E-state index contributed by atoms with van der Waals surface area (Å²) in [6.07, 6.45) is 1.40. The summed E-state index contributed by atoms with van der Waals surface area (Å²) in [5, 5.41) is 9.83. The molecule has 0 bridgehead atoms. The van der Waals surface area contributed by atoms with Crippen LogP contribution in [-0.2, 0) is 14.8 Å². The van der Waals surface area contributed by atoms with Crippen molar-refractivity contribution in [2.24, 2.45) is 0 Å². The standard InChI is InChI=1S/C11H25NO4S/c1-5-6-11(4,13)9-12-17(14,15)8-7-16-10(2)3/h10,12-13H,5-9H2,1-4H3. The highest BCUT2D eigenvalue weighted by Gasteiger charge is 2.22. The van der Waals surface area contributed by atoms with Crippen molar-refractivity contribution in [3.8, 4) is 0 Å². The van der Waals surface area contributed by atoms with Gasteiger partial charge in [0.1, 0.15) is 0 Å². The molecule has 5 nitrogen and oxygen atoms in total. The zero-order chi connectivity index (χ0) is 13.5. The van der Waals surface area contributed by atoms with Crippen LogP contribution in [0.15, 0.2) is 0 Å². The Labute approximate surface area is 105 Å². The van der Waals surface area contributed by atoms with Gasteiger partial charge in [-0.25, -0.2) is 13.1 Å². The minimum atomic E-state index is -3.36. The van der Waals surface area contributed by atoms with Crippen LogP contribution in [-0.4, -0.2) is 44.1 Å². The van der Waals surface area contributed by atoms with E-state index in [1.807, 2.05) is 20.8 Å². The van der Waals surface area contributed by atoms with Crippen molar-refractivity contribution in [2.75, 3.05) is 18.9 Å². The van der Waals surface area contributed by atoms with Gasteiger partial charge < -0.3 is 9.84 Å². The van der Waals surface area contributed by atoms with Gasteiger partial charge in [0.15, 0.2) is 0 Å². The Bertz CT molecular complexity index is 299. The molecule has 1 unspecified atom stereocenters. The molecule has 0 aromatic heterocycles. The highest BCUT2D eigenvalue weighted by atomic mass is 32.2. The van der Waals surface area contributed by atoms with Crippen LogP contribution in [0.4, 0.5) is 0 Å². The maximum Gasteiger partial charge on any atom is 0.213 e. The molecular formula is C11H25NO4S. The molecule has 6 heteroatoms. The molecule has 0 saturated heterocycles. The Balaban J connectivity index is 4.01. The van der Waals surface area contributed by atoms with Gasteiger partial charge in [-0.05, 0) is 27.2 Å². The lowest BCUT2D eigenvalue weighted by Gasteiger charge is -2.22. The minimum Gasteiger partial charge on any atom is -0.389 e. The smallest absolute Gasteiger partial charge is 0.213 e. The first kappa shape index (κ1) is 16.8. The van der Waals surface area contributed by atoms with Gasteiger partial charge in [0.25, 0.3) is 0 Å². The van der Waals surface area contributed by atoms with E-state index in [0.717, 1.165) is 6.42 Å². The number of hydrogen-bond donors (Lipinski definition) is 2. The molecule has 0 aliphatic heterocycles. The minimum absolute atomic E-state index is 0.0217. The molecule has 0 fully saturated rings. The predicted octanol–water partition coefficient (Wildman–Crippen LogP) is 0.882. The molecule has 0 aromatic rings. The van der Waals surface area contributed by atoms with Crippen LogP contribution in [0.25, 0.3) is 0 Å². The lowest BCUT2D eigenvalue weighted by molar-refractivity contribution is 0.0552. The Morgan fingerprint density at radius 1 is 1.41 bits per heavy atom. The Hall–Kier alpha value is -0.170. The van der Waals surface area contributed by atoms with Crippen molar-refractivity contribution in [3.05, 3.63) is 0 Å². The summed E-state index contributed by atoms with van der Waals surface area (Å²) >= 11 is 0. The normalized spacial score (nSPS) is 16.1. The summed E-state index contributed by atoms with van der Waals surface area (Å²) in [4.78, 5) is 0. The average molecular weight is 267 g/mol. The fourth-order valence-electron chi connectivity index (χ4n) is 1.36. The van der Waals surface area contributed by atoms with Crippen LogP contribution < -0.4 is 4.72 Å². The second-order valence-electron chi connectivity index (χ2n) is 4.81. The fraction of sp³-hybridized carbons (Fsp3) is 1.00. The van der Waals surface area contributed by atoms with Gasteiger partial charge in [0.05, 0.1) is 24.1 Å². The van der Waals surface area contributed by atoms with Crippen LogP contribution in [0.5, 0.6) is 0 Å². The molecule has 0 radical (unpaired) electrons. The van der Waals surface area contributed by atoms with Gasteiger partial charge >= 0.3 is 0 Å². The van der Waals surface area contributed by atoms with Crippen molar-refractivity contribution >= 4 is 10.0 Å². The summed E-state index contributed by atoms with van der Waals surface area (Å²) in [5.74, 6) is -0.0760. The van der Waals surface area contributed by atoms with Crippen LogP contribution in [0.1, 0.15) is 40.5 Å². The molecule has 0 saturated carbocycles. The first-order valence-corrected chi connectivity index (χ1v) is 7.65. The average Bonchev–Trinajstić information content (AvgIpc) is 2.14. The largest absolute Gasteiger partial charge is 0.389 e. The molecule has 0 heterocycles. The molecule has 1 atom stereocenters. The van der Waals surface area contributed by atoms with E-state index < -0.39 is 15.6 Å². The van der Waals surface area contributed by atoms with Crippen molar-refractivity contribution in [3.63, 3.8) is 0 Å². The third-order valence-corrected chi connectivity index (χ3v) is 3.55. The van der Waals surface area contributed by atoms with Gasteiger partial charge in [-0.2, -0.15) is 0 Å². The SMILES string of the molecule is CCCC(C)(O)CNS(=O)(=O)CCOC(C)C. The first-order chi connectivity index (χ1) is 7.68. The molecule has 0 amide bonds. The summed E-state index contributed by atoms with van der Waals surface area (Å²) in [7, 11) is -3.36. The lowest BCUT2D eigenvalue weighted by Crippen LogP contribution is -2.41. The Kier molecular flexibility index (Phi) is 7.23. The fourth-order valence-corrected chi connectivity index (χ4v) is 2.35. The van der Waals surface area contributed by atoms with E-state index in [1.54, 1.807) is 6.92 Å². The van der Waals surface area contributed by atoms with Gasteiger partial charge in [0.2, 0.25) is 10.0 Å². The van der Waals surface area contributed by atoms with Crippen LogP contribution in [0, 0.1) is 0 Å². The van der Waals surface area contributed by atoms with Gasteiger partial charge in [-0.3, -0.25) is 0 Å². The zero-order valence-electron chi connectivity index (χ0n) is 11.2. The number of rotatable bonds is 9. The van der Waals surface area contributed by atoms with E-state index in [1.165, 1.54) is 0 Å². The van der Waals surface area contributed by atoms with Crippen molar-refractivity contribution in [2.45, 2.75) is 52.2 Å². The lowest BCUT2D eigenvalue weighted by atomic mass is 10.0. The molecule has 0 aliphatic carbocycles. The van der Waals surface area contributed by atoms with Crippen molar-refractivity contribution < 1.29 is 18.3 Å². The summed E-state index contributed by atoms with van der Waals surface area (Å²) < 4.78 is 30.7. The van der Waals surface area contributed by atoms with E-state index >= 15 is 0 Å². The zero-order valence-corrected chi connectivity index (χ0v) is 12.0. The second kappa shape index (κ2) is 7.31. The van der Waals surface area contributed by atoms with E-state index in [4.69, 9.17) is 4.74 Å². The number of nitrogens with one attached hydrogen (secondary N) is 1. The van der Waals surface area contributed by atoms with Gasteiger partial charge in [0, 0.05) is 6.54 Å². The van der Waals surface area contributed by atoms with Crippen molar-refractivity contribution in [1.29, 1.82) is 0 Å². The molecule has 104 valence electrons. The predicted molar refractivity (Wildman–Crippen MR) is 68.4 cm³/mol. The molecule has 0 aliphatic rings. The second-order valence-corrected chi connectivity index (χ2v) is 6.73. The quantitative estimate of drug-likeness (QED) is 0.650. The van der Waals surface area contributed by atoms with E-state index in [0.29, 0.717) is 6.42 Å². The maximum atomic E-state index is 11.6. The monoisotopic (exact) mass is 267 g/mol. The number of aliphatic hydroxyl groups is 1. The molecule has 2 N–H and O–H groups in total. The van der Waals surface area contributed by atoms with Gasteiger partial charge in [-0.1, -0.05) is 13.3 Å².